The van der Waals surface area contributed by atoms with Crippen molar-refractivity contribution in [2.45, 2.75) is 0 Å². The first-order chi connectivity index (χ1) is 8.28. The van der Waals surface area contributed by atoms with Gasteiger partial charge in [-0.3, -0.25) is 0 Å². The monoisotopic (exact) mass is 226 g/mol. The summed E-state index contributed by atoms with van der Waals surface area (Å²) >= 11 is 0. The SMILES string of the molecule is C=C/C=C\C=C(/C=C)O/C(C=C)=C/C=C\C=C. The highest BCUT2D eigenvalue weighted by atomic mass is 16.5. The second-order valence-corrected chi connectivity index (χ2v) is 2.89. The van der Waals surface area contributed by atoms with Crippen LogP contribution >= 0.6 is 0 Å². The molecule has 0 bridgehead atoms. The van der Waals surface area contributed by atoms with Crippen molar-refractivity contribution in [3.05, 3.63) is 98.6 Å². The van der Waals surface area contributed by atoms with Gasteiger partial charge in [0, 0.05) is 0 Å². The summed E-state index contributed by atoms with van der Waals surface area (Å²) in [6.07, 6.45) is 17.5. The normalized spacial score (nSPS) is 12.7. The van der Waals surface area contributed by atoms with Crippen molar-refractivity contribution in [3.8, 4) is 0 Å². The van der Waals surface area contributed by atoms with Crippen molar-refractivity contribution < 1.29 is 4.74 Å². The van der Waals surface area contributed by atoms with Crippen LogP contribution in [0.2, 0.25) is 0 Å². The Kier molecular flexibility index (Phi) is 8.87. The Morgan fingerprint density at radius 3 is 1.35 bits per heavy atom. The molecule has 0 atom stereocenters. The van der Waals surface area contributed by atoms with Gasteiger partial charge in [0.1, 0.15) is 11.5 Å². The average Bonchev–Trinajstić information content (AvgIpc) is 2.36. The first-order valence-corrected chi connectivity index (χ1v) is 5.20. The highest BCUT2D eigenvalue weighted by Crippen LogP contribution is 2.09. The third-order valence-electron chi connectivity index (χ3n) is 1.65. The van der Waals surface area contributed by atoms with Crippen LogP contribution < -0.4 is 0 Å². The maximum Gasteiger partial charge on any atom is 0.126 e. The summed E-state index contributed by atoms with van der Waals surface area (Å²) in [7, 11) is 0. The lowest BCUT2D eigenvalue weighted by molar-refractivity contribution is 0.337. The van der Waals surface area contributed by atoms with E-state index in [1.165, 1.54) is 0 Å². The lowest BCUT2D eigenvalue weighted by atomic mass is 10.3. The standard InChI is InChI=1S/C16H18O/c1-5-9-11-13-15(7-3)17-16(8-4)14-12-10-6-2/h5-14H,1-4H2/b11-9-,12-10-,15-13+,16-14+. The highest BCUT2D eigenvalue weighted by molar-refractivity contribution is 5.25. The van der Waals surface area contributed by atoms with Gasteiger partial charge in [0.25, 0.3) is 0 Å². The smallest absolute Gasteiger partial charge is 0.126 e. The van der Waals surface area contributed by atoms with Crippen molar-refractivity contribution in [1.82, 2.24) is 0 Å². The highest BCUT2D eigenvalue weighted by Gasteiger charge is 1.93. The molecule has 0 amide bonds. The fourth-order valence-corrected chi connectivity index (χ4v) is 0.881. The predicted octanol–water partition coefficient (Wildman–Crippen LogP) is 4.63. The van der Waals surface area contributed by atoms with Gasteiger partial charge in [-0.05, 0) is 24.3 Å². The summed E-state index contributed by atoms with van der Waals surface area (Å²) < 4.78 is 5.56. The van der Waals surface area contributed by atoms with Gasteiger partial charge in [0.15, 0.2) is 0 Å². The van der Waals surface area contributed by atoms with Crippen LogP contribution in [-0.4, -0.2) is 0 Å². The van der Waals surface area contributed by atoms with Crippen LogP contribution in [0.1, 0.15) is 0 Å². The van der Waals surface area contributed by atoms with E-state index in [9.17, 15) is 0 Å². The zero-order valence-electron chi connectivity index (χ0n) is 10.0. The summed E-state index contributed by atoms with van der Waals surface area (Å²) in [4.78, 5) is 0. The molecule has 0 heterocycles. The van der Waals surface area contributed by atoms with E-state index in [2.05, 4.69) is 26.3 Å². The van der Waals surface area contributed by atoms with Gasteiger partial charge in [-0.25, -0.2) is 0 Å². The zero-order valence-corrected chi connectivity index (χ0v) is 10.0. The van der Waals surface area contributed by atoms with E-state index < -0.39 is 0 Å². The van der Waals surface area contributed by atoms with E-state index in [0.717, 1.165) is 0 Å². The molecule has 0 fully saturated rings. The summed E-state index contributed by atoms with van der Waals surface area (Å²) in [6, 6.07) is 0. The molecular weight excluding hydrogens is 208 g/mol. The fourth-order valence-electron chi connectivity index (χ4n) is 0.881. The van der Waals surface area contributed by atoms with Crippen LogP contribution in [0.5, 0.6) is 0 Å². The Hall–Kier alpha value is -2.28. The van der Waals surface area contributed by atoms with Crippen molar-refractivity contribution in [2.24, 2.45) is 0 Å². The molecule has 0 aliphatic heterocycles. The lowest BCUT2D eigenvalue weighted by Gasteiger charge is -2.05. The Bertz CT molecular complexity index is 352. The molecule has 0 spiro atoms. The number of hydrogen-bond acceptors (Lipinski definition) is 1. The maximum atomic E-state index is 5.56. The van der Waals surface area contributed by atoms with Crippen molar-refractivity contribution in [1.29, 1.82) is 0 Å². The van der Waals surface area contributed by atoms with Crippen molar-refractivity contribution in [3.63, 3.8) is 0 Å². The van der Waals surface area contributed by atoms with Crippen LogP contribution in [0.4, 0.5) is 0 Å². The number of rotatable bonds is 8. The summed E-state index contributed by atoms with van der Waals surface area (Å²) in [5.74, 6) is 1.28. The van der Waals surface area contributed by atoms with E-state index in [-0.39, 0.29) is 0 Å². The molecule has 0 saturated carbocycles. The Balaban J connectivity index is 4.73. The molecule has 0 aromatic heterocycles. The third-order valence-corrected chi connectivity index (χ3v) is 1.65. The number of hydrogen-bond donors (Lipinski definition) is 0. The van der Waals surface area contributed by atoms with Gasteiger partial charge in [-0.1, -0.05) is 62.8 Å². The molecule has 17 heavy (non-hydrogen) atoms. The molecule has 0 aromatic rings. The first-order valence-electron chi connectivity index (χ1n) is 5.20. The minimum atomic E-state index is 0.640. The quantitative estimate of drug-likeness (QED) is 0.433. The van der Waals surface area contributed by atoms with Gasteiger partial charge in [-0.15, -0.1) is 0 Å². The van der Waals surface area contributed by atoms with Crippen LogP contribution in [-0.2, 0) is 4.74 Å². The van der Waals surface area contributed by atoms with E-state index >= 15 is 0 Å². The van der Waals surface area contributed by atoms with E-state index in [1.54, 1.807) is 36.5 Å². The Labute approximate surface area is 104 Å². The lowest BCUT2D eigenvalue weighted by Crippen LogP contribution is -1.87. The van der Waals surface area contributed by atoms with Crippen LogP contribution in [0.15, 0.2) is 98.6 Å². The van der Waals surface area contributed by atoms with E-state index in [1.807, 2.05) is 24.3 Å². The van der Waals surface area contributed by atoms with Crippen LogP contribution in [0.3, 0.4) is 0 Å². The van der Waals surface area contributed by atoms with E-state index in [4.69, 9.17) is 4.74 Å². The minimum Gasteiger partial charge on any atom is -0.457 e. The second kappa shape index (κ2) is 10.2. The first kappa shape index (κ1) is 14.7. The molecule has 0 aliphatic rings. The van der Waals surface area contributed by atoms with Crippen LogP contribution in [0, 0.1) is 0 Å². The molecule has 0 unspecified atom stereocenters. The molecule has 1 nitrogen and oxygen atoms in total. The molecule has 88 valence electrons. The fraction of sp³-hybridized carbons (Fsp3) is 0. The zero-order chi connectivity index (χ0) is 12.9. The van der Waals surface area contributed by atoms with Gasteiger partial charge in [0.2, 0.25) is 0 Å². The second-order valence-electron chi connectivity index (χ2n) is 2.89. The predicted molar refractivity (Wildman–Crippen MR) is 76.3 cm³/mol. The van der Waals surface area contributed by atoms with Gasteiger partial charge in [-0.2, -0.15) is 0 Å². The molecule has 0 N–H and O–H groups in total. The minimum absolute atomic E-state index is 0.640. The number of allylic oxidation sites excluding steroid dienone is 10. The molecule has 0 aliphatic carbocycles. The molecule has 0 rings (SSSR count). The Morgan fingerprint density at radius 2 is 1.06 bits per heavy atom. The third kappa shape index (κ3) is 7.63. The summed E-state index contributed by atoms with van der Waals surface area (Å²) in [5, 5.41) is 0. The van der Waals surface area contributed by atoms with Crippen LogP contribution in [0.25, 0.3) is 0 Å². The molecule has 0 saturated heterocycles. The van der Waals surface area contributed by atoms with Gasteiger partial charge in [0.05, 0.1) is 0 Å². The Morgan fingerprint density at radius 1 is 0.647 bits per heavy atom. The molecule has 1 heteroatoms. The molecule has 0 radical (unpaired) electrons. The van der Waals surface area contributed by atoms with Crippen molar-refractivity contribution in [2.75, 3.05) is 0 Å². The molecule has 0 aromatic carbocycles. The summed E-state index contributed by atoms with van der Waals surface area (Å²) in [5.41, 5.74) is 0. The summed E-state index contributed by atoms with van der Waals surface area (Å²) in [6.45, 7) is 14.5. The van der Waals surface area contributed by atoms with Crippen molar-refractivity contribution >= 4 is 0 Å². The largest absolute Gasteiger partial charge is 0.457 e. The van der Waals surface area contributed by atoms with Gasteiger partial charge >= 0.3 is 0 Å². The average molecular weight is 226 g/mol. The number of ether oxygens (including phenoxy) is 1. The van der Waals surface area contributed by atoms with E-state index in [0.29, 0.717) is 11.5 Å². The topological polar surface area (TPSA) is 9.23 Å². The maximum absolute atomic E-state index is 5.56. The molecular formula is C16H18O. The van der Waals surface area contributed by atoms with Gasteiger partial charge < -0.3 is 4.74 Å².